The molecular formula is C21H17NO5S. The lowest BCUT2D eigenvalue weighted by Gasteiger charge is -2.25. The van der Waals surface area contributed by atoms with Crippen LogP contribution in [0.2, 0.25) is 0 Å². The molecule has 0 saturated heterocycles. The summed E-state index contributed by atoms with van der Waals surface area (Å²) in [5.74, 6) is -0.541. The minimum atomic E-state index is -0.852. The van der Waals surface area contributed by atoms with Gasteiger partial charge in [-0.15, -0.1) is 11.3 Å². The van der Waals surface area contributed by atoms with Gasteiger partial charge in [0.25, 0.3) is 5.91 Å². The second-order valence-electron chi connectivity index (χ2n) is 6.09. The van der Waals surface area contributed by atoms with Crippen LogP contribution in [0.4, 0.5) is 5.69 Å². The number of amides is 1. The van der Waals surface area contributed by atoms with E-state index in [1.165, 1.54) is 22.5 Å². The number of rotatable bonds is 6. The molecule has 0 spiro atoms. The highest BCUT2D eigenvalue weighted by molar-refractivity contribution is 7.12. The van der Waals surface area contributed by atoms with Crippen molar-refractivity contribution in [2.75, 3.05) is 11.5 Å². The lowest BCUT2D eigenvalue weighted by molar-refractivity contribution is -0.117. The quantitative estimate of drug-likeness (QED) is 0.621. The molecule has 28 heavy (non-hydrogen) atoms. The Balaban J connectivity index is 1.79. The van der Waals surface area contributed by atoms with E-state index in [2.05, 4.69) is 0 Å². The number of nitrogens with zero attached hydrogens (tertiary/aromatic N) is 1. The molecule has 2 aromatic heterocycles. The topological polar surface area (TPSA) is 80.0 Å². The number of aliphatic hydroxyl groups excluding tert-OH is 1. The van der Waals surface area contributed by atoms with Gasteiger partial charge in [-0.1, -0.05) is 6.07 Å². The number of Topliss-reactive ketones (excluding diaryl/α,β-unsaturated/α-hetero) is 1. The fourth-order valence-electron chi connectivity index (χ4n) is 3.23. The molecule has 0 radical (unpaired) electrons. The van der Waals surface area contributed by atoms with Gasteiger partial charge in [0, 0.05) is 5.69 Å². The van der Waals surface area contributed by atoms with Gasteiger partial charge in [0.2, 0.25) is 5.78 Å². The van der Waals surface area contributed by atoms with E-state index < -0.39 is 23.5 Å². The van der Waals surface area contributed by atoms with Gasteiger partial charge >= 0.3 is 0 Å². The van der Waals surface area contributed by atoms with E-state index in [1.807, 2.05) is 6.92 Å². The van der Waals surface area contributed by atoms with Crippen LogP contribution in [0.15, 0.2) is 75.9 Å². The molecule has 0 saturated carbocycles. The summed E-state index contributed by atoms with van der Waals surface area (Å²) in [7, 11) is 0. The van der Waals surface area contributed by atoms with Gasteiger partial charge in [-0.3, -0.25) is 14.5 Å². The van der Waals surface area contributed by atoms with Gasteiger partial charge in [-0.25, -0.2) is 0 Å². The van der Waals surface area contributed by atoms with Crippen LogP contribution in [0.5, 0.6) is 5.75 Å². The van der Waals surface area contributed by atoms with E-state index in [0.29, 0.717) is 28.7 Å². The van der Waals surface area contributed by atoms with Crippen molar-refractivity contribution in [3.05, 3.63) is 82.1 Å². The number of ketones is 1. The average Bonchev–Trinajstić information content (AvgIpc) is 3.45. The molecule has 1 amide bonds. The molecule has 0 fully saturated rings. The molecule has 0 aliphatic carbocycles. The molecule has 6 nitrogen and oxygen atoms in total. The van der Waals surface area contributed by atoms with Crippen molar-refractivity contribution in [1.82, 2.24) is 0 Å². The van der Waals surface area contributed by atoms with Crippen molar-refractivity contribution in [2.24, 2.45) is 0 Å². The van der Waals surface area contributed by atoms with Crippen LogP contribution in [-0.4, -0.2) is 23.4 Å². The van der Waals surface area contributed by atoms with Crippen LogP contribution >= 0.6 is 11.3 Å². The molecule has 1 N–H and O–H groups in total. The minimum Gasteiger partial charge on any atom is -0.503 e. The molecule has 7 heteroatoms. The van der Waals surface area contributed by atoms with Crippen molar-refractivity contribution in [2.45, 2.75) is 13.0 Å². The Bertz CT molecular complexity index is 1020. The number of aliphatic hydroxyl groups is 1. The van der Waals surface area contributed by atoms with Crippen LogP contribution in [-0.2, 0) is 4.79 Å². The first kappa shape index (κ1) is 18.1. The summed E-state index contributed by atoms with van der Waals surface area (Å²) < 4.78 is 11.0. The Hall–Kier alpha value is -3.32. The van der Waals surface area contributed by atoms with Crippen LogP contribution in [0.25, 0.3) is 0 Å². The Morgan fingerprint density at radius 3 is 2.61 bits per heavy atom. The van der Waals surface area contributed by atoms with Gasteiger partial charge in [-0.05, 0) is 54.8 Å². The van der Waals surface area contributed by atoms with Gasteiger partial charge < -0.3 is 14.3 Å². The molecular weight excluding hydrogens is 378 g/mol. The predicted octanol–water partition coefficient (Wildman–Crippen LogP) is 4.52. The van der Waals surface area contributed by atoms with Crippen LogP contribution < -0.4 is 9.64 Å². The van der Waals surface area contributed by atoms with Gasteiger partial charge in [0.15, 0.2) is 5.76 Å². The zero-order valence-electron chi connectivity index (χ0n) is 15.0. The monoisotopic (exact) mass is 395 g/mol. The van der Waals surface area contributed by atoms with E-state index in [1.54, 1.807) is 53.9 Å². The Labute approximate surface area is 165 Å². The molecule has 3 heterocycles. The Kier molecular flexibility index (Phi) is 4.75. The molecule has 3 aromatic rings. The molecule has 1 aliphatic heterocycles. The number of anilines is 1. The van der Waals surface area contributed by atoms with Crippen molar-refractivity contribution in [1.29, 1.82) is 0 Å². The van der Waals surface area contributed by atoms with Gasteiger partial charge in [0.05, 0.1) is 23.3 Å². The zero-order chi connectivity index (χ0) is 19.7. The maximum Gasteiger partial charge on any atom is 0.294 e. The fraction of sp³-hybridized carbons (Fsp3) is 0.143. The molecule has 4 rings (SSSR count). The Morgan fingerprint density at radius 2 is 2.00 bits per heavy atom. The Morgan fingerprint density at radius 1 is 1.21 bits per heavy atom. The standard InChI is InChI=1S/C21H17NO5S/c1-2-26-14-9-7-13(8-10-14)22-18(15-5-3-11-27-15)17(20(24)21(22)25)19(23)16-6-4-12-28-16/h3-12,18,24H,2H2,1H3. The number of carbonyl (C=O) groups is 2. The largest absolute Gasteiger partial charge is 0.503 e. The number of furan rings is 1. The number of benzene rings is 1. The number of hydrogen-bond acceptors (Lipinski definition) is 6. The summed E-state index contributed by atoms with van der Waals surface area (Å²) in [6.07, 6.45) is 1.47. The smallest absolute Gasteiger partial charge is 0.294 e. The highest BCUT2D eigenvalue weighted by Crippen LogP contribution is 2.42. The summed E-state index contributed by atoms with van der Waals surface area (Å²) in [6.45, 7) is 2.41. The van der Waals surface area contributed by atoms with Crippen molar-refractivity contribution >= 4 is 28.7 Å². The second-order valence-corrected chi connectivity index (χ2v) is 7.04. The summed E-state index contributed by atoms with van der Waals surface area (Å²) in [4.78, 5) is 27.8. The summed E-state index contributed by atoms with van der Waals surface area (Å²) >= 11 is 1.25. The minimum absolute atomic E-state index is 0.0104. The van der Waals surface area contributed by atoms with Crippen LogP contribution in [0, 0.1) is 0 Å². The van der Waals surface area contributed by atoms with E-state index in [0.717, 1.165) is 0 Å². The third kappa shape index (κ3) is 2.99. The van der Waals surface area contributed by atoms with Crippen LogP contribution in [0.1, 0.15) is 28.4 Å². The third-order valence-electron chi connectivity index (χ3n) is 4.44. The number of hydrogen-bond donors (Lipinski definition) is 1. The van der Waals surface area contributed by atoms with E-state index in [-0.39, 0.29) is 5.57 Å². The first-order valence-electron chi connectivity index (χ1n) is 8.73. The van der Waals surface area contributed by atoms with Crippen molar-refractivity contribution in [3.63, 3.8) is 0 Å². The molecule has 1 aliphatic rings. The molecule has 0 bridgehead atoms. The first-order valence-corrected chi connectivity index (χ1v) is 9.61. The van der Waals surface area contributed by atoms with Crippen molar-refractivity contribution in [3.8, 4) is 5.75 Å². The second kappa shape index (κ2) is 7.36. The van der Waals surface area contributed by atoms with Gasteiger partial charge in [0.1, 0.15) is 17.6 Å². The van der Waals surface area contributed by atoms with E-state index >= 15 is 0 Å². The SMILES string of the molecule is CCOc1ccc(N2C(=O)C(O)=C(C(=O)c3cccs3)C2c2ccco2)cc1. The summed E-state index contributed by atoms with van der Waals surface area (Å²) in [6, 6.07) is 12.8. The van der Waals surface area contributed by atoms with Crippen LogP contribution in [0.3, 0.4) is 0 Å². The highest BCUT2D eigenvalue weighted by atomic mass is 32.1. The molecule has 142 valence electrons. The third-order valence-corrected chi connectivity index (χ3v) is 5.30. The highest BCUT2D eigenvalue weighted by Gasteiger charge is 2.46. The average molecular weight is 395 g/mol. The molecule has 1 aromatic carbocycles. The summed E-state index contributed by atoms with van der Waals surface area (Å²) in [5, 5.41) is 12.3. The first-order chi connectivity index (χ1) is 13.6. The number of ether oxygens (including phenoxy) is 1. The van der Waals surface area contributed by atoms with Crippen molar-refractivity contribution < 1.29 is 23.8 Å². The summed E-state index contributed by atoms with van der Waals surface area (Å²) in [5.41, 5.74) is 0.534. The predicted molar refractivity (Wildman–Crippen MR) is 105 cm³/mol. The number of carbonyl (C=O) groups excluding carboxylic acids is 2. The maximum atomic E-state index is 13.0. The lowest BCUT2D eigenvalue weighted by atomic mass is 10.00. The number of thiophene rings is 1. The maximum absolute atomic E-state index is 13.0. The normalized spacial score (nSPS) is 16.7. The lowest BCUT2D eigenvalue weighted by Crippen LogP contribution is -2.30. The van der Waals surface area contributed by atoms with Gasteiger partial charge in [-0.2, -0.15) is 0 Å². The zero-order valence-corrected chi connectivity index (χ0v) is 15.8. The van der Waals surface area contributed by atoms with E-state index in [9.17, 15) is 14.7 Å². The van der Waals surface area contributed by atoms with E-state index in [4.69, 9.17) is 9.15 Å². The molecule has 1 unspecified atom stereocenters. The molecule has 1 atom stereocenters. The fourth-order valence-corrected chi connectivity index (χ4v) is 3.91.